The highest BCUT2D eigenvalue weighted by molar-refractivity contribution is 5.85. The van der Waals surface area contributed by atoms with Crippen molar-refractivity contribution in [3.05, 3.63) is 11.6 Å². The van der Waals surface area contributed by atoms with E-state index in [0.29, 0.717) is 25.7 Å². The number of aliphatic hydroxyl groups is 7. The van der Waals surface area contributed by atoms with Gasteiger partial charge in [0.25, 0.3) is 0 Å². The zero-order chi connectivity index (χ0) is 32.8. The SMILES string of the molecule is CC12CCC(OC3OCC(OC4OCC(O)C(O)C4O)C(O)C3O)CC1CCC1C2C(O)CC2(C)C(C3=CC(=O)OC3)CCC12O. The van der Waals surface area contributed by atoms with E-state index in [2.05, 4.69) is 13.8 Å². The molecule has 0 amide bonds. The zero-order valence-corrected chi connectivity index (χ0v) is 26.5. The summed E-state index contributed by atoms with van der Waals surface area (Å²) >= 11 is 0. The minimum atomic E-state index is -1.54. The molecule has 0 spiro atoms. The van der Waals surface area contributed by atoms with Gasteiger partial charge in [0.2, 0.25) is 0 Å². The Morgan fingerprint density at radius 3 is 2.28 bits per heavy atom. The van der Waals surface area contributed by atoms with Gasteiger partial charge in [-0.15, -0.1) is 0 Å². The molecule has 3 aliphatic heterocycles. The molecule has 46 heavy (non-hydrogen) atoms. The molecule has 7 rings (SSSR count). The molecule has 7 N–H and O–H groups in total. The van der Waals surface area contributed by atoms with Crippen LogP contribution in [0.4, 0.5) is 0 Å². The molecule has 0 aromatic heterocycles. The van der Waals surface area contributed by atoms with Crippen LogP contribution in [-0.4, -0.2) is 129 Å². The average Bonchev–Trinajstić information content (AvgIpc) is 3.56. The summed E-state index contributed by atoms with van der Waals surface area (Å²) in [7, 11) is 0. The van der Waals surface area contributed by atoms with Gasteiger partial charge in [-0.3, -0.25) is 0 Å². The molecule has 17 atom stereocenters. The number of esters is 1. The maximum atomic E-state index is 12.5. The quantitative estimate of drug-likeness (QED) is 0.148. The van der Waals surface area contributed by atoms with Gasteiger partial charge in [-0.05, 0) is 86.0 Å². The monoisotopic (exact) mass is 654 g/mol. The van der Waals surface area contributed by atoms with Crippen molar-refractivity contribution in [1.29, 1.82) is 0 Å². The summed E-state index contributed by atoms with van der Waals surface area (Å²) in [4.78, 5) is 11.9. The number of carbonyl (C=O) groups is 1. The van der Waals surface area contributed by atoms with Gasteiger partial charge in [0.1, 0.15) is 43.2 Å². The number of hydrogen-bond donors (Lipinski definition) is 7. The number of carbonyl (C=O) groups excluding carboxylic acids is 1. The molecule has 7 aliphatic rings. The Hall–Kier alpha value is -1.23. The lowest BCUT2D eigenvalue weighted by atomic mass is 9.42. The first-order valence-electron chi connectivity index (χ1n) is 17.0. The van der Waals surface area contributed by atoms with Gasteiger partial charge >= 0.3 is 5.97 Å². The van der Waals surface area contributed by atoms with Crippen LogP contribution in [0.15, 0.2) is 11.6 Å². The lowest BCUT2D eigenvalue weighted by Gasteiger charge is -2.65. The van der Waals surface area contributed by atoms with Gasteiger partial charge in [0.05, 0.1) is 31.0 Å². The normalized spacial score (nSPS) is 55.6. The lowest BCUT2D eigenvalue weighted by Crippen LogP contribution is -2.66. The molecule has 17 unspecified atom stereocenters. The van der Waals surface area contributed by atoms with E-state index < -0.39 is 66.3 Å². The largest absolute Gasteiger partial charge is 0.458 e. The zero-order valence-electron chi connectivity index (χ0n) is 26.5. The van der Waals surface area contributed by atoms with Gasteiger partial charge < -0.3 is 59.4 Å². The highest BCUT2D eigenvalue weighted by atomic mass is 16.7. The standard InChI is InChI=1S/C33H50O13/c1-31-7-5-17(45-29-28(40)26(38)22(14-44-29)46-30-27(39)25(37)21(35)13-43-30)10-16(31)3-4-19-24(31)20(34)11-32(2)18(6-8-33(19,32)41)15-9-23(36)42-12-15/h9,16-22,24-30,34-35,37-41H,3-8,10-14H2,1-2H3. The van der Waals surface area contributed by atoms with Gasteiger partial charge in [0.15, 0.2) is 12.6 Å². The van der Waals surface area contributed by atoms with Crippen LogP contribution in [0, 0.1) is 34.5 Å². The van der Waals surface area contributed by atoms with E-state index in [9.17, 15) is 40.5 Å². The molecule has 13 heteroatoms. The van der Waals surface area contributed by atoms with E-state index in [1.807, 2.05) is 0 Å². The van der Waals surface area contributed by atoms with Crippen LogP contribution >= 0.6 is 0 Å². The summed E-state index contributed by atoms with van der Waals surface area (Å²) in [6.07, 6.45) is -4.17. The fourth-order valence-electron chi connectivity index (χ4n) is 10.9. The minimum Gasteiger partial charge on any atom is -0.458 e. The van der Waals surface area contributed by atoms with E-state index in [4.69, 9.17) is 23.7 Å². The van der Waals surface area contributed by atoms with Crippen LogP contribution in [0.5, 0.6) is 0 Å². The number of ether oxygens (including phenoxy) is 5. The second-order valence-corrected chi connectivity index (χ2v) is 15.6. The Kier molecular flexibility index (Phi) is 8.66. The second-order valence-electron chi connectivity index (χ2n) is 15.6. The van der Waals surface area contributed by atoms with E-state index >= 15 is 0 Å². The van der Waals surface area contributed by atoms with E-state index in [1.54, 1.807) is 6.08 Å². The first-order chi connectivity index (χ1) is 21.8. The Bertz CT molecular complexity index is 1200. The third-order valence-corrected chi connectivity index (χ3v) is 13.4. The summed E-state index contributed by atoms with van der Waals surface area (Å²) in [6, 6.07) is 0. The van der Waals surface area contributed by atoms with Crippen molar-refractivity contribution in [3.63, 3.8) is 0 Å². The first kappa shape index (κ1) is 33.3. The number of aliphatic hydroxyl groups excluding tert-OH is 6. The van der Waals surface area contributed by atoms with Crippen LogP contribution in [0.25, 0.3) is 0 Å². The molecule has 0 bridgehead atoms. The summed E-state index contributed by atoms with van der Waals surface area (Å²) in [5, 5.41) is 75.8. The smallest absolute Gasteiger partial charge is 0.331 e. The van der Waals surface area contributed by atoms with Crippen molar-refractivity contribution in [2.75, 3.05) is 19.8 Å². The third kappa shape index (κ3) is 5.12. The molecule has 4 aliphatic carbocycles. The molecule has 260 valence electrons. The highest BCUT2D eigenvalue weighted by Crippen LogP contribution is 2.70. The fourth-order valence-corrected chi connectivity index (χ4v) is 10.9. The Balaban J connectivity index is 0.985. The van der Waals surface area contributed by atoms with Crippen molar-refractivity contribution >= 4 is 5.97 Å². The number of rotatable bonds is 5. The second kappa shape index (κ2) is 12.0. The first-order valence-corrected chi connectivity index (χ1v) is 17.0. The van der Waals surface area contributed by atoms with Gasteiger partial charge in [0, 0.05) is 11.5 Å². The molecule has 3 heterocycles. The molecule has 13 nitrogen and oxygen atoms in total. The third-order valence-electron chi connectivity index (χ3n) is 13.4. The van der Waals surface area contributed by atoms with Crippen LogP contribution < -0.4 is 0 Å². The molecule has 2 saturated heterocycles. The summed E-state index contributed by atoms with van der Waals surface area (Å²) < 4.78 is 28.1. The van der Waals surface area contributed by atoms with E-state index in [0.717, 1.165) is 31.3 Å². The predicted molar refractivity (Wildman–Crippen MR) is 156 cm³/mol. The van der Waals surface area contributed by atoms with Crippen molar-refractivity contribution in [2.24, 2.45) is 34.5 Å². The minimum absolute atomic E-state index is 0.00348. The topological polar surface area (TPSA) is 205 Å². The van der Waals surface area contributed by atoms with E-state index in [1.165, 1.54) is 0 Å². The highest BCUT2D eigenvalue weighted by Gasteiger charge is 2.70. The number of cyclic esters (lactones) is 1. The molecular formula is C33H50O13. The average molecular weight is 655 g/mol. The Morgan fingerprint density at radius 1 is 0.826 bits per heavy atom. The Morgan fingerprint density at radius 2 is 1.54 bits per heavy atom. The predicted octanol–water partition coefficient (Wildman–Crippen LogP) is -0.498. The fraction of sp³-hybridized carbons (Fsp3) is 0.909. The lowest BCUT2D eigenvalue weighted by molar-refractivity contribution is -0.335. The van der Waals surface area contributed by atoms with Crippen molar-refractivity contribution in [2.45, 2.75) is 132 Å². The van der Waals surface area contributed by atoms with Crippen molar-refractivity contribution in [1.82, 2.24) is 0 Å². The van der Waals surface area contributed by atoms with Gasteiger partial charge in [-0.25, -0.2) is 4.79 Å². The molecule has 4 saturated carbocycles. The molecule has 0 aromatic rings. The Labute approximate surface area is 268 Å². The van der Waals surface area contributed by atoms with Gasteiger partial charge in [-0.1, -0.05) is 13.8 Å². The number of fused-ring (bicyclic) bond motifs is 5. The summed E-state index contributed by atoms with van der Waals surface area (Å²) in [6.45, 7) is 4.19. The van der Waals surface area contributed by atoms with Crippen LogP contribution in [0.2, 0.25) is 0 Å². The summed E-state index contributed by atoms with van der Waals surface area (Å²) in [5.74, 6) is -0.247. The van der Waals surface area contributed by atoms with Crippen molar-refractivity contribution in [3.8, 4) is 0 Å². The molecule has 6 fully saturated rings. The molecular weight excluding hydrogens is 604 g/mol. The number of hydrogen-bond acceptors (Lipinski definition) is 13. The maximum absolute atomic E-state index is 12.5. The van der Waals surface area contributed by atoms with Crippen LogP contribution in [0.3, 0.4) is 0 Å². The molecule has 0 aromatic carbocycles. The summed E-state index contributed by atoms with van der Waals surface area (Å²) in [5.41, 5.74) is -0.774. The molecule has 0 radical (unpaired) electrons. The van der Waals surface area contributed by atoms with Crippen LogP contribution in [0.1, 0.15) is 65.2 Å². The van der Waals surface area contributed by atoms with Crippen LogP contribution in [-0.2, 0) is 28.5 Å². The van der Waals surface area contributed by atoms with E-state index in [-0.39, 0.29) is 61.0 Å². The van der Waals surface area contributed by atoms with Crippen molar-refractivity contribution < 1.29 is 64.2 Å². The van der Waals surface area contributed by atoms with Gasteiger partial charge in [-0.2, -0.15) is 0 Å². The maximum Gasteiger partial charge on any atom is 0.331 e.